The van der Waals surface area contributed by atoms with E-state index in [9.17, 15) is 9.59 Å². The monoisotopic (exact) mass is 532 g/mol. The van der Waals surface area contributed by atoms with Gasteiger partial charge in [-0.25, -0.2) is 0 Å². The molecule has 2 aromatic rings. The average molecular weight is 533 g/mol. The van der Waals surface area contributed by atoms with Crippen LogP contribution < -0.4 is 21.3 Å². The van der Waals surface area contributed by atoms with Crippen molar-refractivity contribution in [2.75, 3.05) is 39.3 Å². The number of hydrogen-bond donors (Lipinski definition) is 6. The maximum Gasteiger partial charge on any atom is 0.239 e. The standard InChI is InChI=1S/C29H40N8O2/c30-28-34-24(14-13-22-9-3-1-4-10-22)18-36(28)20-26(38)32-15-7-8-16-33-27(39)21-37-19-25(35-29(37)31)17-23-11-5-2-6-12-23/h1-6,9-12,24-25H,7-8,13-21H2,(H2,30,34)(H2,31,35)(H,32,38)(H,33,39)/t24-,25-/m0/s1. The smallest absolute Gasteiger partial charge is 0.239 e. The predicted molar refractivity (Wildman–Crippen MR) is 153 cm³/mol. The lowest BCUT2D eigenvalue weighted by Gasteiger charge is -2.17. The summed E-state index contributed by atoms with van der Waals surface area (Å²) >= 11 is 0. The minimum atomic E-state index is -0.104. The molecule has 10 heteroatoms. The highest BCUT2D eigenvalue weighted by atomic mass is 16.2. The molecule has 2 aliphatic rings. The molecule has 39 heavy (non-hydrogen) atoms. The van der Waals surface area contributed by atoms with Crippen LogP contribution >= 0.6 is 0 Å². The van der Waals surface area contributed by atoms with Gasteiger partial charge in [0.15, 0.2) is 11.9 Å². The number of unbranched alkanes of at least 4 members (excludes halogenated alkanes) is 1. The summed E-state index contributed by atoms with van der Waals surface area (Å²) in [6.07, 6.45) is 4.18. The van der Waals surface area contributed by atoms with Crippen LogP contribution in [0.2, 0.25) is 0 Å². The van der Waals surface area contributed by atoms with E-state index in [0.717, 1.165) is 32.1 Å². The summed E-state index contributed by atoms with van der Waals surface area (Å²) < 4.78 is 0. The molecule has 0 bridgehead atoms. The molecule has 2 saturated heterocycles. The Balaban J connectivity index is 1.03. The van der Waals surface area contributed by atoms with Crippen LogP contribution in [-0.4, -0.2) is 84.9 Å². The van der Waals surface area contributed by atoms with Crippen molar-refractivity contribution in [1.29, 1.82) is 10.8 Å². The lowest BCUT2D eigenvalue weighted by molar-refractivity contribution is -0.122. The van der Waals surface area contributed by atoms with Crippen molar-refractivity contribution in [2.45, 2.75) is 44.2 Å². The molecule has 10 nitrogen and oxygen atoms in total. The zero-order valence-corrected chi connectivity index (χ0v) is 22.4. The van der Waals surface area contributed by atoms with E-state index in [1.807, 2.05) is 36.4 Å². The number of nitrogens with zero attached hydrogens (tertiary/aromatic N) is 2. The lowest BCUT2D eigenvalue weighted by Crippen LogP contribution is -2.40. The third-order valence-corrected chi connectivity index (χ3v) is 7.06. The summed E-state index contributed by atoms with van der Waals surface area (Å²) in [6, 6.07) is 20.7. The van der Waals surface area contributed by atoms with Crippen molar-refractivity contribution in [3.63, 3.8) is 0 Å². The van der Waals surface area contributed by atoms with Gasteiger partial charge in [-0.1, -0.05) is 60.7 Å². The number of nitrogens with one attached hydrogen (secondary N) is 6. The number of hydrogen-bond acceptors (Lipinski definition) is 4. The van der Waals surface area contributed by atoms with Gasteiger partial charge < -0.3 is 31.1 Å². The summed E-state index contributed by atoms with van der Waals surface area (Å²) in [6.45, 7) is 2.68. The molecule has 0 unspecified atom stereocenters. The maximum absolute atomic E-state index is 12.4. The molecule has 6 N–H and O–H groups in total. The number of benzene rings is 2. The van der Waals surface area contributed by atoms with Crippen molar-refractivity contribution in [1.82, 2.24) is 31.1 Å². The summed E-state index contributed by atoms with van der Waals surface area (Å²) in [7, 11) is 0. The highest BCUT2D eigenvalue weighted by molar-refractivity contribution is 5.87. The second-order valence-electron chi connectivity index (χ2n) is 10.3. The van der Waals surface area contributed by atoms with E-state index in [4.69, 9.17) is 10.8 Å². The Morgan fingerprint density at radius 2 is 1.23 bits per heavy atom. The van der Waals surface area contributed by atoms with E-state index < -0.39 is 0 Å². The number of amides is 2. The Hall–Kier alpha value is -4.08. The van der Waals surface area contributed by atoms with Gasteiger partial charge in [-0.15, -0.1) is 0 Å². The largest absolute Gasteiger partial charge is 0.355 e. The van der Waals surface area contributed by atoms with Crippen molar-refractivity contribution in [2.24, 2.45) is 0 Å². The van der Waals surface area contributed by atoms with Crippen molar-refractivity contribution in [3.8, 4) is 0 Å². The van der Waals surface area contributed by atoms with Gasteiger partial charge in [-0.05, 0) is 43.2 Å². The summed E-state index contributed by atoms with van der Waals surface area (Å²) in [5.41, 5.74) is 2.48. The van der Waals surface area contributed by atoms with Gasteiger partial charge in [0.05, 0.1) is 19.1 Å². The fourth-order valence-electron chi connectivity index (χ4n) is 4.99. The van der Waals surface area contributed by atoms with Gasteiger partial charge in [0, 0.05) is 32.2 Å². The Morgan fingerprint density at radius 1 is 0.744 bits per heavy atom. The average Bonchev–Trinajstić information content (AvgIpc) is 3.46. The van der Waals surface area contributed by atoms with E-state index >= 15 is 0 Å². The van der Waals surface area contributed by atoms with E-state index in [-0.39, 0.29) is 42.9 Å². The third kappa shape index (κ3) is 9.01. The maximum atomic E-state index is 12.4. The molecular formula is C29H40N8O2. The minimum absolute atomic E-state index is 0.0978. The molecule has 2 aliphatic heterocycles. The van der Waals surface area contributed by atoms with Crippen molar-refractivity contribution < 1.29 is 9.59 Å². The van der Waals surface area contributed by atoms with Crippen LogP contribution in [0.3, 0.4) is 0 Å². The van der Waals surface area contributed by atoms with Crippen LogP contribution in [0, 0.1) is 10.8 Å². The first-order chi connectivity index (χ1) is 19.0. The molecule has 0 aliphatic carbocycles. The van der Waals surface area contributed by atoms with Gasteiger partial charge in [-0.2, -0.15) is 0 Å². The molecule has 2 atom stereocenters. The highest BCUT2D eigenvalue weighted by Gasteiger charge is 2.28. The van der Waals surface area contributed by atoms with Crippen LogP contribution in [0.1, 0.15) is 30.4 Å². The molecule has 2 heterocycles. The Bertz CT molecular complexity index is 1110. The molecule has 2 aromatic carbocycles. The summed E-state index contributed by atoms with van der Waals surface area (Å²) in [5.74, 6) is 0.392. The predicted octanol–water partition coefficient (Wildman–Crippen LogP) is 1.29. The summed E-state index contributed by atoms with van der Waals surface area (Å²) in [5, 5.41) is 28.5. The number of carbonyl (C=O) groups is 2. The zero-order chi connectivity index (χ0) is 27.5. The first kappa shape index (κ1) is 27.9. The Kier molecular flexibility index (Phi) is 10.2. The van der Waals surface area contributed by atoms with Gasteiger partial charge in [0.1, 0.15) is 0 Å². The van der Waals surface area contributed by atoms with E-state index in [1.54, 1.807) is 9.80 Å². The topological polar surface area (TPSA) is 136 Å². The Morgan fingerprint density at radius 3 is 1.79 bits per heavy atom. The van der Waals surface area contributed by atoms with E-state index in [1.165, 1.54) is 11.1 Å². The highest BCUT2D eigenvalue weighted by Crippen LogP contribution is 2.11. The normalized spacial score (nSPS) is 18.6. The Labute approximate surface area is 230 Å². The number of aryl methyl sites for hydroxylation is 1. The fourth-order valence-corrected chi connectivity index (χ4v) is 4.99. The zero-order valence-electron chi connectivity index (χ0n) is 22.4. The SMILES string of the molecule is N=C1N[C@@H](CCc2ccccc2)CN1CC(=O)NCCCCNC(=O)CN1C[C@H](Cc2ccccc2)NC1=N. The lowest BCUT2D eigenvalue weighted by atomic mass is 10.1. The third-order valence-electron chi connectivity index (χ3n) is 7.06. The van der Waals surface area contributed by atoms with Gasteiger partial charge in [-0.3, -0.25) is 20.4 Å². The molecule has 0 aromatic heterocycles. The molecule has 0 saturated carbocycles. The molecule has 2 amide bonds. The van der Waals surface area contributed by atoms with Gasteiger partial charge in [0.25, 0.3) is 0 Å². The first-order valence-electron chi connectivity index (χ1n) is 13.8. The fraction of sp³-hybridized carbons (Fsp3) is 0.448. The molecule has 208 valence electrons. The number of carbonyl (C=O) groups excluding carboxylic acids is 2. The van der Waals surface area contributed by atoms with Crippen molar-refractivity contribution in [3.05, 3.63) is 71.8 Å². The number of rotatable bonds is 14. The molecule has 4 rings (SSSR count). The molecule has 0 spiro atoms. The molecule has 2 fully saturated rings. The first-order valence-corrected chi connectivity index (χ1v) is 13.8. The summed E-state index contributed by atoms with van der Waals surface area (Å²) in [4.78, 5) is 28.3. The van der Waals surface area contributed by atoms with Gasteiger partial charge in [0.2, 0.25) is 11.8 Å². The molecular weight excluding hydrogens is 492 g/mol. The van der Waals surface area contributed by atoms with Crippen molar-refractivity contribution >= 4 is 23.7 Å². The second kappa shape index (κ2) is 14.2. The number of guanidine groups is 2. The quantitative estimate of drug-likeness (QED) is 0.203. The van der Waals surface area contributed by atoms with Crippen LogP contribution in [0.4, 0.5) is 0 Å². The van der Waals surface area contributed by atoms with Crippen LogP contribution in [0.15, 0.2) is 60.7 Å². The second-order valence-corrected chi connectivity index (χ2v) is 10.3. The van der Waals surface area contributed by atoms with E-state index in [0.29, 0.717) is 32.1 Å². The minimum Gasteiger partial charge on any atom is -0.355 e. The van der Waals surface area contributed by atoms with Gasteiger partial charge >= 0.3 is 0 Å². The molecule has 0 radical (unpaired) electrons. The van der Waals surface area contributed by atoms with Crippen LogP contribution in [0.5, 0.6) is 0 Å². The van der Waals surface area contributed by atoms with E-state index in [2.05, 4.69) is 45.5 Å². The van der Waals surface area contributed by atoms with Crippen LogP contribution in [0.25, 0.3) is 0 Å². The van der Waals surface area contributed by atoms with Crippen LogP contribution in [-0.2, 0) is 22.4 Å².